The van der Waals surface area contributed by atoms with Crippen LogP contribution >= 0.6 is 0 Å². The number of allylic oxidation sites excluding steroid dienone is 1. The molecule has 0 bridgehead atoms. The highest BCUT2D eigenvalue weighted by Crippen LogP contribution is 2.33. The largest absolute Gasteiger partial charge is 0.432 e. The van der Waals surface area contributed by atoms with Crippen molar-refractivity contribution in [3.8, 4) is 0 Å². The van der Waals surface area contributed by atoms with E-state index in [0.717, 1.165) is 6.42 Å². The fraction of sp³-hybridized carbons (Fsp3) is 0.625. The Balaban J connectivity index is 2.68. The zero-order valence-electron chi connectivity index (χ0n) is 6.44. The lowest BCUT2D eigenvalue weighted by atomic mass is 9.83. The van der Waals surface area contributed by atoms with Gasteiger partial charge in [0.1, 0.15) is 5.76 Å². The van der Waals surface area contributed by atoms with Gasteiger partial charge in [-0.05, 0) is 5.41 Å². The van der Waals surface area contributed by atoms with E-state index in [4.69, 9.17) is 4.74 Å². The number of carbonyl (C=O) groups excluding carboxylic acids is 1. The minimum absolute atomic E-state index is 0.0480. The van der Waals surface area contributed by atoms with Crippen LogP contribution in [0, 0.1) is 5.41 Å². The summed E-state index contributed by atoms with van der Waals surface area (Å²) in [6.45, 7) is 7.70. The number of hydrogen-bond donors (Lipinski definition) is 0. The summed E-state index contributed by atoms with van der Waals surface area (Å²) in [5.41, 5.74) is 0.0480. The van der Waals surface area contributed by atoms with Crippen molar-refractivity contribution < 1.29 is 9.53 Å². The molecule has 0 atom stereocenters. The Bertz CT molecular complexity index is 162. The van der Waals surface area contributed by atoms with Crippen LogP contribution in [0.3, 0.4) is 0 Å². The standard InChI is InChI=1S/C8H12O2/c1-6-4-8(2,3)5-7(9)10-6/h1,4-5H2,2-3H3. The van der Waals surface area contributed by atoms with Gasteiger partial charge in [0, 0.05) is 6.42 Å². The first-order valence-electron chi connectivity index (χ1n) is 3.38. The van der Waals surface area contributed by atoms with Crippen molar-refractivity contribution in [2.24, 2.45) is 5.41 Å². The van der Waals surface area contributed by atoms with E-state index in [2.05, 4.69) is 6.58 Å². The third kappa shape index (κ3) is 1.59. The zero-order valence-corrected chi connectivity index (χ0v) is 6.44. The molecule has 1 saturated heterocycles. The SMILES string of the molecule is C=C1CC(C)(C)CC(=O)O1. The molecule has 0 aromatic rings. The van der Waals surface area contributed by atoms with Gasteiger partial charge < -0.3 is 4.74 Å². The summed E-state index contributed by atoms with van der Waals surface area (Å²) in [5, 5.41) is 0. The van der Waals surface area contributed by atoms with Crippen LogP contribution in [0.25, 0.3) is 0 Å². The average molecular weight is 140 g/mol. The Morgan fingerprint density at radius 1 is 1.50 bits per heavy atom. The van der Waals surface area contributed by atoms with E-state index in [1.807, 2.05) is 13.8 Å². The van der Waals surface area contributed by atoms with Crippen molar-refractivity contribution in [3.05, 3.63) is 12.3 Å². The minimum Gasteiger partial charge on any atom is -0.432 e. The van der Waals surface area contributed by atoms with Crippen LogP contribution in [0.4, 0.5) is 0 Å². The molecule has 1 rings (SSSR count). The zero-order chi connectivity index (χ0) is 7.78. The Morgan fingerprint density at radius 3 is 2.50 bits per heavy atom. The molecule has 1 aliphatic rings. The summed E-state index contributed by atoms with van der Waals surface area (Å²) in [6.07, 6.45) is 1.30. The topological polar surface area (TPSA) is 26.3 Å². The first kappa shape index (κ1) is 7.32. The molecule has 0 spiro atoms. The van der Waals surface area contributed by atoms with Crippen LogP contribution in [-0.4, -0.2) is 5.97 Å². The molecule has 1 aliphatic heterocycles. The van der Waals surface area contributed by atoms with E-state index < -0.39 is 0 Å². The second-order valence-electron chi connectivity index (χ2n) is 3.53. The van der Waals surface area contributed by atoms with Gasteiger partial charge in [-0.3, -0.25) is 4.79 Å². The Labute approximate surface area is 60.9 Å². The summed E-state index contributed by atoms with van der Waals surface area (Å²) in [5.74, 6) is 0.447. The van der Waals surface area contributed by atoms with E-state index >= 15 is 0 Å². The van der Waals surface area contributed by atoms with E-state index in [1.54, 1.807) is 0 Å². The molecular formula is C8H12O2. The highest BCUT2D eigenvalue weighted by atomic mass is 16.5. The van der Waals surface area contributed by atoms with Gasteiger partial charge in [0.15, 0.2) is 0 Å². The van der Waals surface area contributed by atoms with Gasteiger partial charge in [0.2, 0.25) is 0 Å². The van der Waals surface area contributed by atoms with Gasteiger partial charge in [-0.15, -0.1) is 0 Å². The minimum atomic E-state index is -0.152. The lowest BCUT2D eigenvalue weighted by molar-refractivity contribution is -0.145. The number of esters is 1. The molecule has 0 amide bonds. The normalized spacial score (nSPS) is 24.2. The Morgan fingerprint density at radius 2 is 2.10 bits per heavy atom. The van der Waals surface area contributed by atoms with Crippen molar-refractivity contribution in [1.29, 1.82) is 0 Å². The van der Waals surface area contributed by atoms with Crippen LogP contribution in [0.15, 0.2) is 12.3 Å². The molecule has 0 unspecified atom stereocenters. The van der Waals surface area contributed by atoms with Gasteiger partial charge >= 0.3 is 5.97 Å². The Kier molecular flexibility index (Phi) is 1.55. The molecule has 0 saturated carbocycles. The molecule has 56 valence electrons. The van der Waals surface area contributed by atoms with Crippen LogP contribution in [0.2, 0.25) is 0 Å². The third-order valence-corrected chi connectivity index (χ3v) is 1.56. The molecule has 10 heavy (non-hydrogen) atoms. The van der Waals surface area contributed by atoms with E-state index in [-0.39, 0.29) is 11.4 Å². The fourth-order valence-electron chi connectivity index (χ4n) is 1.22. The van der Waals surface area contributed by atoms with E-state index in [9.17, 15) is 4.79 Å². The smallest absolute Gasteiger partial charge is 0.311 e. The lowest BCUT2D eigenvalue weighted by Crippen LogP contribution is -2.25. The maximum atomic E-state index is 10.8. The van der Waals surface area contributed by atoms with Crippen LogP contribution in [0.1, 0.15) is 26.7 Å². The maximum Gasteiger partial charge on any atom is 0.311 e. The number of hydrogen-bond acceptors (Lipinski definition) is 2. The molecular weight excluding hydrogens is 128 g/mol. The molecule has 0 aliphatic carbocycles. The van der Waals surface area contributed by atoms with Gasteiger partial charge in [-0.25, -0.2) is 0 Å². The summed E-state index contributed by atoms with van der Waals surface area (Å²) < 4.78 is 4.79. The maximum absolute atomic E-state index is 10.8. The molecule has 2 nitrogen and oxygen atoms in total. The summed E-state index contributed by atoms with van der Waals surface area (Å²) >= 11 is 0. The van der Waals surface area contributed by atoms with Crippen LogP contribution < -0.4 is 0 Å². The fourth-order valence-corrected chi connectivity index (χ4v) is 1.22. The van der Waals surface area contributed by atoms with Gasteiger partial charge in [0.05, 0.1) is 6.42 Å². The molecule has 1 fully saturated rings. The third-order valence-electron chi connectivity index (χ3n) is 1.56. The van der Waals surface area contributed by atoms with Crippen molar-refractivity contribution in [2.75, 3.05) is 0 Å². The molecule has 2 heteroatoms. The summed E-state index contributed by atoms with van der Waals surface area (Å²) in [4.78, 5) is 10.8. The second kappa shape index (κ2) is 2.11. The number of cyclic esters (lactones) is 1. The predicted molar refractivity (Wildman–Crippen MR) is 38.2 cm³/mol. The van der Waals surface area contributed by atoms with Crippen LogP contribution in [0.5, 0.6) is 0 Å². The molecule has 0 aromatic carbocycles. The van der Waals surface area contributed by atoms with Gasteiger partial charge in [-0.2, -0.15) is 0 Å². The monoisotopic (exact) mass is 140 g/mol. The molecule has 0 aromatic heterocycles. The van der Waals surface area contributed by atoms with Crippen molar-refractivity contribution in [2.45, 2.75) is 26.7 Å². The number of ether oxygens (including phenoxy) is 1. The first-order chi connectivity index (χ1) is 4.49. The Hall–Kier alpha value is -0.790. The number of rotatable bonds is 0. The van der Waals surface area contributed by atoms with Gasteiger partial charge in [-0.1, -0.05) is 20.4 Å². The van der Waals surface area contributed by atoms with Crippen molar-refractivity contribution >= 4 is 5.97 Å². The predicted octanol–water partition coefficient (Wildman–Crippen LogP) is 1.86. The molecule has 0 N–H and O–H groups in total. The lowest BCUT2D eigenvalue weighted by Gasteiger charge is -2.28. The van der Waals surface area contributed by atoms with E-state index in [0.29, 0.717) is 12.2 Å². The van der Waals surface area contributed by atoms with Gasteiger partial charge in [0.25, 0.3) is 0 Å². The highest BCUT2D eigenvalue weighted by Gasteiger charge is 2.29. The number of carbonyl (C=O) groups is 1. The quantitative estimate of drug-likeness (QED) is 0.480. The van der Waals surface area contributed by atoms with Crippen molar-refractivity contribution in [3.63, 3.8) is 0 Å². The first-order valence-corrected chi connectivity index (χ1v) is 3.38. The molecule has 0 radical (unpaired) electrons. The summed E-state index contributed by atoms with van der Waals surface area (Å²) in [6, 6.07) is 0. The average Bonchev–Trinajstić information content (AvgIpc) is 1.54. The molecule has 1 heterocycles. The van der Waals surface area contributed by atoms with Crippen molar-refractivity contribution in [1.82, 2.24) is 0 Å². The summed E-state index contributed by atoms with van der Waals surface area (Å²) in [7, 11) is 0. The van der Waals surface area contributed by atoms with Crippen LogP contribution in [-0.2, 0) is 9.53 Å². The van der Waals surface area contributed by atoms with E-state index in [1.165, 1.54) is 0 Å². The highest BCUT2D eigenvalue weighted by molar-refractivity contribution is 5.72. The second-order valence-corrected chi connectivity index (χ2v) is 3.53.